The Morgan fingerprint density at radius 2 is 1.73 bits per heavy atom. The number of rotatable bonds is 7. The van der Waals surface area contributed by atoms with Crippen LogP contribution in [0.2, 0.25) is 0 Å². The van der Waals surface area contributed by atoms with Gasteiger partial charge in [-0.2, -0.15) is 0 Å². The Labute approximate surface area is 219 Å². The second kappa shape index (κ2) is 11.5. The molecule has 2 heterocycles. The summed E-state index contributed by atoms with van der Waals surface area (Å²) in [6, 6.07) is 7.81. The van der Waals surface area contributed by atoms with Crippen molar-refractivity contribution in [2.24, 2.45) is 5.92 Å². The maximum Gasteiger partial charge on any atom is 0.410 e. The molecule has 2 aliphatic rings. The first-order valence-electron chi connectivity index (χ1n) is 13.3. The molecular formula is C28H41N3O6. The van der Waals surface area contributed by atoms with E-state index in [4.69, 9.17) is 4.74 Å². The van der Waals surface area contributed by atoms with Crippen LogP contribution in [0.5, 0.6) is 0 Å². The van der Waals surface area contributed by atoms with Gasteiger partial charge in [-0.1, -0.05) is 50.6 Å². The Bertz CT molecular complexity index is 981. The molecule has 204 valence electrons. The quantitative estimate of drug-likeness (QED) is 0.574. The lowest BCUT2D eigenvalue weighted by atomic mass is 9.71. The van der Waals surface area contributed by atoms with E-state index in [0.29, 0.717) is 45.3 Å². The number of nitrogens with zero attached hydrogens (tertiary/aromatic N) is 2. The number of carbonyl (C=O) groups is 4. The average Bonchev–Trinajstić information content (AvgIpc) is 3.36. The fourth-order valence-electron chi connectivity index (χ4n) is 5.25. The maximum atomic E-state index is 13.7. The number of hydrogen-bond acceptors (Lipinski definition) is 5. The first kappa shape index (κ1) is 28.5. The highest BCUT2D eigenvalue weighted by molar-refractivity contribution is 5.92. The fraction of sp³-hybridized carbons (Fsp3) is 0.643. The molecule has 37 heavy (non-hydrogen) atoms. The summed E-state index contributed by atoms with van der Waals surface area (Å²) in [6.45, 7) is 10.2. The number of aliphatic carboxylic acids is 1. The molecule has 0 saturated carbocycles. The molecule has 1 aromatic rings. The second-order valence-corrected chi connectivity index (χ2v) is 11.3. The van der Waals surface area contributed by atoms with E-state index in [0.717, 1.165) is 12.0 Å². The molecule has 0 unspecified atom stereocenters. The number of nitrogens with one attached hydrogen (secondary N) is 1. The normalized spacial score (nSPS) is 21.2. The Hall–Kier alpha value is -3.10. The van der Waals surface area contributed by atoms with Crippen molar-refractivity contribution in [3.63, 3.8) is 0 Å². The molecule has 1 aromatic carbocycles. The summed E-state index contributed by atoms with van der Waals surface area (Å²) in [4.78, 5) is 55.1. The van der Waals surface area contributed by atoms with Crippen LogP contribution in [0.15, 0.2) is 30.3 Å². The number of piperidine rings is 1. The third-order valence-corrected chi connectivity index (χ3v) is 7.62. The monoisotopic (exact) mass is 515 g/mol. The zero-order chi connectivity index (χ0) is 27.4. The van der Waals surface area contributed by atoms with Gasteiger partial charge in [-0.05, 0) is 57.9 Å². The van der Waals surface area contributed by atoms with Gasteiger partial charge in [-0.3, -0.25) is 14.5 Å². The SMILES string of the molecule is CC[C@H](C)[C@H](NC(=O)C1(c2ccccc2)CCN(C(=O)[C@H]2CCCN2C(=O)OC(C)(C)C)CC1)C(=O)O. The third kappa shape index (κ3) is 6.43. The van der Waals surface area contributed by atoms with Crippen molar-refractivity contribution in [2.45, 2.75) is 89.8 Å². The Morgan fingerprint density at radius 1 is 1.11 bits per heavy atom. The van der Waals surface area contributed by atoms with Gasteiger partial charge in [-0.15, -0.1) is 0 Å². The molecule has 0 aliphatic carbocycles. The molecule has 9 nitrogen and oxygen atoms in total. The van der Waals surface area contributed by atoms with Crippen molar-refractivity contribution < 1.29 is 29.0 Å². The molecule has 2 aliphatic heterocycles. The molecule has 3 rings (SSSR count). The molecule has 3 amide bonds. The van der Waals surface area contributed by atoms with Crippen LogP contribution in [-0.4, -0.2) is 76.1 Å². The van der Waals surface area contributed by atoms with Crippen molar-refractivity contribution in [3.05, 3.63) is 35.9 Å². The van der Waals surface area contributed by atoms with Crippen LogP contribution in [0, 0.1) is 5.92 Å². The van der Waals surface area contributed by atoms with Gasteiger partial charge in [0.05, 0.1) is 5.41 Å². The van der Waals surface area contributed by atoms with Gasteiger partial charge in [0.2, 0.25) is 11.8 Å². The van der Waals surface area contributed by atoms with Gasteiger partial charge < -0.3 is 20.1 Å². The molecule has 0 bridgehead atoms. The highest BCUT2D eigenvalue weighted by Gasteiger charge is 2.47. The zero-order valence-corrected chi connectivity index (χ0v) is 22.7. The summed E-state index contributed by atoms with van der Waals surface area (Å²) in [6.07, 6.45) is 2.16. The average molecular weight is 516 g/mol. The lowest BCUT2D eigenvalue weighted by Gasteiger charge is -2.43. The minimum atomic E-state index is -1.05. The Kier molecular flexibility index (Phi) is 8.87. The van der Waals surface area contributed by atoms with Crippen molar-refractivity contribution in [1.82, 2.24) is 15.1 Å². The largest absolute Gasteiger partial charge is 0.480 e. The predicted octanol–water partition coefficient (Wildman–Crippen LogP) is 3.56. The van der Waals surface area contributed by atoms with E-state index >= 15 is 0 Å². The summed E-state index contributed by atoms with van der Waals surface area (Å²) >= 11 is 0. The standard InChI is InChI=1S/C28H41N3O6/c1-6-19(2)22(24(33)34)29-25(35)28(20-11-8-7-9-12-20)14-17-30(18-15-28)23(32)21-13-10-16-31(21)26(36)37-27(3,4)5/h7-9,11-12,19,21-22H,6,10,13-18H2,1-5H3,(H,29,35)(H,33,34)/t19-,21+,22-/m0/s1. The fourth-order valence-corrected chi connectivity index (χ4v) is 5.25. The third-order valence-electron chi connectivity index (χ3n) is 7.62. The van der Waals surface area contributed by atoms with Gasteiger partial charge >= 0.3 is 12.1 Å². The molecular weight excluding hydrogens is 474 g/mol. The number of ether oxygens (including phenoxy) is 1. The van der Waals surface area contributed by atoms with E-state index < -0.39 is 35.2 Å². The van der Waals surface area contributed by atoms with Crippen molar-refractivity contribution in [1.29, 1.82) is 0 Å². The summed E-state index contributed by atoms with van der Waals surface area (Å²) in [5.74, 6) is -1.73. The molecule has 2 saturated heterocycles. The minimum absolute atomic E-state index is 0.131. The number of carboxylic acids is 1. The van der Waals surface area contributed by atoms with Gasteiger partial charge in [0.1, 0.15) is 17.7 Å². The number of benzene rings is 1. The predicted molar refractivity (Wildman–Crippen MR) is 139 cm³/mol. The summed E-state index contributed by atoms with van der Waals surface area (Å²) in [7, 11) is 0. The van der Waals surface area contributed by atoms with Gasteiger partial charge in [-0.25, -0.2) is 9.59 Å². The number of carboxylic acid groups (broad SMARTS) is 1. The first-order valence-corrected chi connectivity index (χ1v) is 13.3. The van der Waals surface area contributed by atoms with Crippen molar-refractivity contribution in [3.8, 4) is 0 Å². The van der Waals surface area contributed by atoms with Crippen molar-refractivity contribution in [2.75, 3.05) is 19.6 Å². The topological polar surface area (TPSA) is 116 Å². The van der Waals surface area contributed by atoms with E-state index in [1.165, 1.54) is 4.90 Å². The first-order chi connectivity index (χ1) is 17.4. The van der Waals surface area contributed by atoms with Crippen LogP contribution in [0.3, 0.4) is 0 Å². The van der Waals surface area contributed by atoms with Crippen LogP contribution in [0.25, 0.3) is 0 Å². The van der Waals surface area contributed by atoms with Gasteiger partial charge in [0.15, 0.2) is 0 Å². The van der Waals surface area contributed by atoms with Crippen LogP contribution in [0.4, 0.5) is 4.79 Å². The Balaban J connectivity index is 1.78. The number of likely N-dealkylation sites (tertiary alicyclic amines) is 2. The lowest BCUT2D eigenvalue weighted by molar-refractivity contribution is -0.145. The maximum absolute atomic E-state index is 13.7. The summed E-state index contributed by atoms with van der Waals surface area (Å²) < 4.78 is 5.51. The lowest BCUT2D eigenvalue weighted by Crippen LogP contribution is -2.58. The summed E-state index contributed by atoms with van der Waals surface area (Å²) in [5.41, 5.74) is -0.784. The number of carbonyl (C=O) groups excluding carboxylic acids is 3. The van der Waals surface area contributed by atoms with Crippen LogP contribution in [0.1, 0.15) is 72.3 Å². The molecule has 2 fully saturated rings. The van der Waals surface area contributed by atoms with E-state index in [2.05, 4.69) is 5.32 Å². The smallest absolute Gasteiger partial charge is 0.410 e. The van der Waals surface area contributed by atoms with Crippen LogP contribution < -0.4 is 5.32 Å². The zero-order valence-electron chi connectivity index (χ0n) is 22.7. The highest BCUT2D eigenvalue weighted by atomic mass is 16.6. The number of amides is 3. The van der Waals surface area contributed by atoms with E-state index in [9.17, 15) is 24.3 Å². The molecule has 2 N–H and O–H groups in total. The van der Waals surface area contributed by atoms with E-state index in [1.807, 2.05) is 44.2 Å². The molecule has 0 aromatic heterocycles. The van der Waals surface area contributed by atoms with E-state index in [-0.39, 0.29) is 17.7 Å². The Morgan fingerprint density at radius 3 is 2.27 bits per heavy atom. The summed E-state index contributed by atoms with van der Waals surface area (Å²) in [5, 5.41) is 12.6. The van der Waals surface area contributed by atoms with Crippen LogP contribution in [-0.2, 0) is 24.5 Å². The van der Waals surface area contributed by atoms with Crippen LogP contribution >= 0.6 is 0 Å². The second-order valence-electron chi connectivity index (χ2n) is 11.3. The molecule has 0 spiro atoms. The molecule has 3 atom stereocenters. The number of hydrogen-bond donors (Lipinski definition) is 2. The van der Waals surface area contributed by atoms with E-state index in [1.54, 1.807) is 25.7 Å². The van der Waals surface area contributed by atoms with Crippen molar-refractivity contribution >= 4 is 23.9 Å². The highest BCUT2D eigenvalue weighted by Crippen LogP contribution is 2.37. The molecule has 0 radical (unpaired) electrons. The van der Waals surface area contributed by atoms with Gasteiger partial charge in [0, 0.05) is 19.6 Å². The molecule has 9 heteroatoms. The minimum Gasteiger partial charge on any atom is -0.480 e. The van der Waals surface area contributed by atoms with Gasteiger partial charge in [0.25, 0.3) is 0 Å².